The van der Waals surface area contributed by atoms with Gasteiger partial charge in [0.15, 0.2) is 0 Å². The predicted octanol–water partition coefficient (Wildman–Crippen LogP) is 1.96. The van der Waals surface area contributed by atoms with Crippen LogP contribution < -0.4 is 5.73 Å². The third-order valence-corrected chi connectivity index (χ3v) is 4.02. The Morgan fingerprint density at radius 1 is 1.35 bits per heavy atom. The SMILES string of the molecule is CCOC(=O)CCC1CC(N)CN(C(=O)c2ccccc2F)C1. The van der Waals surface area contributed by atoms with E-state index in [1.165, 1.54) is 12.1 Å². The average Bonchev–Trinajstić information content (AvgIpc) is 2.52. The molecule has 23 heavy (non-hydrogen) atoms. The summed E-state index contributed by atoms with van der Waals surface area (Å²) in [6.45, 7) is 3.02. The molecule has 1 aliphatic rings. The number of nitrogens with two attached hydrogens (primary N) is 1. The Kier molecular flexibility index (Phi) is 6.10. The monoisotopic (exact) mass is 322 g/mol. The van der Waals surface area contributed by atoms with E-state index in [1.807, 2.05) is 0 Å². The van der Waals surface area contributed by atoms with Gasteiger partial charge in [-0.05, 0) is 37.8 Å². The van der Waals surface area contributed by atoms with Crippen LogP contribution in [0.3, 0.4) is 0 Å². The number of halogens is 1. The molecule has 0 bridgehead atoms. The largest absolute Gasteiger partial charge is 0.466 e. The summed E-state index contributed by atoms with van der Waals surface area (Å²) in [5.41, 5.74) is 6.09. The van der Waals surface area contributed by atoms with Gasteiger partial charge in [-0.15, -0.1) is 0 Å². The first-order valence-electron chi connectivity index (χ1n) is 7.96. The number of ether oxygens (including phenoxy) is 1. The number of nitrogens with zero attached hydrogens (tertiary/aromatic N) is 1. The molecule has 126 valence electrons. The van der Waals surface area contributed by atoms with Crippen molar-refractivity contribution >= 4 is 11.9 Å². The lowest BCUT2D eigenvalue weighted by atomic mass is 9.90. The van der Waals surface area contributed by atoms with Crippen LogP contribution in [0.15, 0.2) is 24.3 Å². The third kappa shape index (κ3) is 4.76. The molecule has 2 atom stereocenters. The predicted molar refractivity (Wildman–Crippen MR) is 84.3 cm³/mol. The lowest BCUT2D eigenvalue weighted by Gasteiger charge is -2.36. The maximum absolute atomic E-state index is 13.8. The Morgan fingerprint density at radius 2 is 2.09 bits per heavy atom. The fourth-order valence-electron chi connectivity index (χ4n) is 2.98. The summed E-state index contributed by atoms with van der Waals surface area (Å²) in [6.07, 6.45) is 1.68. The van der Waals surface area contributed by atoms with Crippen LogP contribution in [0.4, 0.5) is 4.39 Å². The minimum atomic E-state index is -0.528. The Balaban J connectivity index is 1.98. The van der Waals surface area contributed by atoms with E-state index in [4.69, 9.17) is 10.5 Å². The summed E-state index contributed by atoms with van der Waals surface area (Å²) in [5.74, 6) is -0.989. The number of hydrogen-bond acceptors (Lipinski definition) is 4. The number of esters is 1. The van der Waals surface area contributed by atoms with Crippen LogP contribution in [0.25, 0.3) is 0 Å². The molecule has 1 fully saturated rings. The first-order chi connectivity index (χ1) is 11.0. The van der Waals surface area contributed by atoms with Gasteiger partial charge in [0.05, 0.1) is 12.2 Å². The van der Waals surface area contributed by atoms with Gasteiger partial charge in [0.25, 0.3) is 5.91 Å². The van der Waals surface area contributed by atoms with E-state index in [9.17, 15) is 14.0 Å². The number of carbonyl (C=O) groups excluding carboxylic acids is 2. The molecular formula is C17H23FN2O3. The highest BCUT2D eigenvalue weighted by Gasteiger charge is 2.30. The molecule has 0 aromatic heterocycles. The van der Waals surface area contributed by atoms with Gasteiger partial charge in [0.2, 0.25) is 0 Å². The zero-order chi connectivity index (χ0) is 16.8. The molecule has 2 rings (SSSR count). The molecule has 1 aromatic rings. The van der Waals surface area contributed by atoms with Crippen molar-refractivity contribution in [1.29, 1.82) is 0 Å². The van der Waals surface area contributed by atoms with Gasteiger partial charge in [-0.25, -0.2) is 4.39 Å². The quantitative estimate of drug-likeness (QED) is 0.841. The van der Waals surface area contributed by atoms with Crippen molar-refractivity contribution in [3.05, 3.63) is 35.6 Å². The number of rotatable bonds is 5. The Labute approximate surface area is 135 Å². The molecule has 2 N–H and O–H groups in total. The van der Waals surface area contributed by atoms with Crippen molar-refractivity contribution in [2.45, 2.75) is 32.2 Å². The first kappa shape index (κ1) is 17.4. The standard InChI is InChI=1S/C17H23FN2O3/c1-2-23-16(21)8-7-12-9-13(19)11-20(10-12)17(22)14-5-3-4-6-15(14)18/h3-6,12-13H,2,7-11,19H2,1H3. The van der Waals surface area contributed by atoms with E-state index in [0.717, 1.165) is 6.42 Å². The number of benzene rings is 1. The van der Waals surface area contributed by atoms with Crippen LogP contribution in [0, 0.1) is 11.7 Å². The van der Waals surface area contributed by atoms with Crippen molar-refractivity contribution in [3.8, 4) is 0 Å². The Hall–Kier alpha value is -1.95. The van der Waals surface area contributed by atoms with Gasteiger partial charge < -0.3 is 15.4 Å². The fourth-order valence-corrected chi connectivity index (χ4v) is 2.98. The summed E-state index contributed by atoms with van der Waals surface area (Å²) in [5, 5.41) is 0. The number of likely N-dealkylation sites (tertiary alicyclic amines) is 1. The van der Waals surface area contributed by atoms with Crippen LogP contribution in [-0.2, 0) is 9.53 Å². The van der Waals surface area contributed by atoms with Crippen molar-refractivity contribution < 1.29 is 18.7 Å². The lowest BCUT2D eigenvalue weighted by molar-refractivity contribution is -0.143. The summed E-state index contributed by atoms with van der Waals surface area (Å²) >= 11 is 0. The molecule has 1 aliphatic heterocycles. The van der Waals surface area contributed by atoms with E-state index < -0.39 is 5.82 Å². The van der Waals surface area contributed by atoms with E-state index >= 15 is 0 Å². The molecule has 1 heterocycles. The number of piperidine rings is 1. The molecule has 0 aliphatic carbocycles. The van der Waals surface area contributed by atoms with Gasteiger partial charge >= 0.3 is 5.97 Å². The van der Waals surface area contributed by atoms with Gasteiger partial charge in [-0.3, -0.25) is 9.59 Å². The smallest absolute Gasteiger partial charge is 0.305 e. The van der Waals surface area contributed by atoms with Crippen molar-refractivity contribution in [2.24, 2.45) is 11.7 Å². The summed E-state index contributed by atoms with van der Waals surface area (Å²) in [6, 6.07) is 5.78. The molecule has 1 saturated heterocycles. The molecule has 0 saturated carbocycles. The zero-order valence-corrected chi connectivity index (χ0v) is 13.3. The average molecular weight is 322 g/mol. The third-order valence-electron chi connectivity index (χ3n) is 4.02. The van der Waals surface area contributed by atoms with Crippen LogP contribution in [0.2, 0.25) is 0 Å². The number of hydrogen-bond donors (Lipinski definition) is 1. The van der Waals surface area contributed by atoms with Gasteiger partial charge in [0, 0.05) is 25.6 Å². The van der Waals surface area contributed by atoms with Crippen LogP contribution in [0.1, 0.15) is 36.5 Å². The molecule has 1 aromatic carbocycles. The maximum Gasteiger partial charge on any atom is 0.305 e. The molecule has 0 spiro atoms. The highest BCUT2D eigenvalue weighted by atomic mass is 19.1. The summed E-state index contributed by atoms with van der Waals surface area (Å²) in [4.78, 5) is 25.5. The fraction of sp³-hybridized carbons (Fsp3) is 0.529. The topological polar surface area (TPSA) is 72.6 Å². The van der Waals surface area contributed by atoms with Crippen LogP contribution in [-0.4, -0.2) is 42.5 Å². The van der Waals surface area contributed by atoms with Crippen LogP contribution in [0.5, 0.6) is 0 Å². The molecular weight excluding hydrogens is 299 g/mol. The van der Waals surface area contributed by atoms with Crippen molar-refractivity contribution in [3.63, 3.8) is 0 Å². The second-order valence-corrected chi connectivity index (χ2v) is 5.90. The van der Waals surface area contributed by atoms with E-state index in [1.54, 1.807) is 24.0 Å². The summed E-state index contributed by atoms with van der Waals surface area (Å²) in [7, 11) is 0. The maximum atomic E-state index is 13.8. The molecule has 5 nitrogen and oxygen atoms in total. The second kappa shape index (κ2) is 8.06. The van der Waals surface area contributed by atoms with Gasteiger partial charge in [-0.2, -0.15) is 0 Å². The second-order valence-electron chi connectivity index (χ2n) is 5.90. The lowest BCUT2D eigenvalue weighted by Crippen LogP contribution is -2.49. The zero-order valence-electron chi connectivity index (χ0n) is 13.3. The summed E-state index contributed by atoms with van der Waals surface area (Å²) < 4.78 is 18.7. The first-order valence-corrected chi connectivity index (χ1v) is 7.96. The van der Waals surface area contributed by atoms with E-state index in [2.05, 4.69) is 0 Å². The Morgan fingerprint density at radius 3 is 2.78 bits per heavy atom. The minimum Gasteiger partial charge on any atom is -0.466 e. The minimum absolute atomic E-state index is 0.0609. The molecule has 6 heteroatoms. The van der Waals surface area contributed by atoms with Crippen molar-refractivity contribution in [1.82, 2.24) is 4.90 Å². The highest BCUT2D eigenvalue weighted by molar-refractivity contribution is 5.94. The van der Waals surface area contributed by atoms with Gasteiger partial charge in [-0.1, -0.05) is 12.1 Å². The molecule has 1 amide bonds. The number of amides is 1. The van der Waals surface area contributed by atoms with Gasteiger partial charge in [0.1, 0.15) is 5.82 Å². The highest BCUT2D eigenvalue weighted by Crippen LogP contribution is 2.23. The van der Waals surface area contributed by atoms with E-state index in [-0.39, 0.29) is 29.4 Å². The van der Waals surface area contributed by atoms with Crippen LogP contribution >= 0.6 is 0 Å². The normalized spacial score (nSPS) is 21.1. The molecule has 2 unspecified atom stereocenters. The number of carbonyl (C=O) groups is 2. The Bertz CT molecular complexity index is 565. The van der Waals surface area contributed by atoms with E-state index in [0.29, 0.717) is 32.5 Å². The molecule has 0 radical (unpaired) electrons. The van der Waals surface area contributed by atoms with Crippen molar-refractivity contribution in [2.75, 3.05) is 19.7 Å².